The molecule has 1 aromatic heterocycles. The first-order valence-electron chi connectivity index (χ1n) is 13.1. The van der Waals surface area contributed by atoms with Gasteiger partial charge >= 0.3 is 6.09 Å². The lowest BCUT2D eigenvalue weighted by molar-refractivity contribution is -0.118. The van der Waals surface area contributed by atoms with E-state index in [1.165, 1.54) is 10.5 Å². The molecule has 6 rings (SSSR count). The first kappa shape index (κ1) is 24.5. The molecule has 0 radical (unpaired) electrons. The van der Waals surface area contributed by atoms with Crippen molar-refractivity contribution in [3.05, 3.63) is 41.0 Å². The van der Waals surface area contributed by atoms with Crippen LogP contribution in [0.25, 0.3) is 0 Å². The molecule has 4 heterocycles. The van der Waals surface area contributed by atoms with E-state index in [9.17, 15) is 14.9 Å². The maximum Gasteiger partial charge on any atom is 0.415 e. The summed E-state index contributed by atoms with van der Waals surface area (Å²) in [6, 6.07) is 10.2. The van der Waals surface area contributed by atoms with Gasteiger partial charge in [0.05, 0.1) is 12.1 Å². The molecule has 0 bridgehead atoms. The number of rotatable bonds is 9. The number of cyclic esters (lactones) is 1. The molecule has 1 aromatic carbocycles. The maximum atomic E-state index is 12.5. The fraction of sp³-hybridized carbons (Fsp3) is 0.481. The molecule has 1 aliphatic carbocycles. The Bertz CT molecular complexity index is 1290. The summed E-state index contributed by atoms with van der Waals surface area (Å²) >= 11 is 0. The van der Waals surface area contributed by atoms with Gasteiger partial charge in [-0.2, -0.15) is 5.26 Å². The van der Waals surface area contributed by atoms with Crippen LogP contribution in [-0.2, 0) is 22.4 Å². The third kappa shape index (κ3) is 4.97. The van der Waals surface area contributed by atoms with E-state index in [4.69, 9.17) is 14.2 Å². The number of nitriles is 1. The largest absolute Gasteiger partial charge is 0.491 e. The number of carbonyl (C=O) groups is 2. The number of pyridine rings is 1. The lowest BCUT2D eigenvalue weighted by atomic mass is 10.0. The zero-order valence-corrected chi connectivity index (χ0v) is 21.0. The predicted octanol–water partition coefficient (Wildman–Crippen LogP) is 1.74. The zero-order valence-electron chi connectivity index (χ0n) is 21.0. The van der Waals surface area contributed by atoms with E-state index in [2.05, 4.69) is 33.1 Å². The molecule has 2 amide bonds. The number of fused-ring (bicyclic) bond motifs is 2. The summed E-state index contributed by atoms with van der Waals surface area (Å²) in [5.41, 5.74) is 3.00. The predicted molar refractivity (Wildman–Crippen MR) is 137 cm³/mol. The van der Waals surface area contributed by atoms with Crippen molar-refractivity contribution in [2.45, 2.75) is 37.8 Å². The number of hydrogen-bond acceptors (Lipinski definition) is 9. The van der Waals surface area contributed by atoms with Crippen LogP contribution in [0, 0.1) is 17.2 Å². The highest BCUT2D eigenvalue weighted by Crippen LogP contribution is 2.34. The average molecular weight is 519 g/mol. The zero-order chi connectivity index (χ0) is 26.1. The Morgan fingerprint density at radius 1 is 1.24 bits per heavy atom. The van der Waals surface area contributed by atoms with Gasteiger partial charge in [-0.1, -0.05) is 6.07 Å². The van der Waals surface area contributed by atoms with Crippen LogP contribution in [-0.4, -0.2) is 68.5 Å². The first-order chi connectivity index (χ1) is 18.6. The summed E-state index contributed by atoms with van der Waals surface area (Å²) in [5, 5.41) is 19.3. The molecule has 2 aromatic rings. The topological polar surface area (TPSA) is 138 Å². The number of benzene rings is 1. The molecule has 2 saturated heterocycles. The molecule has 3 aliphatic heterocycles. The van der Waals surface area contributed by atoms with Gasteiger partial charge in [0.1, 0.15) is 30.3 Å². The van der Waals surface area contributed by atoms with Gasteiger partial charge in [-0.25, -0.2) is 9.78 Å². The number of carbonyl (C=O) groups excluding carboxylic acids is 2. The molecule has 0 spiro atoms. The third-order valence-electron chi connectivity index (χ3n) is 7.54. The van der Waals surface area contributed by atoms with Gasteiger partial charge in [-0.3, -0.25) is 9.69 Å². The second-order valence-corrected chi connectivity index (χ2v) is 10.2. The Balaban J connectivity index is 0.973. The molecule has 11 nitrogen and oxygen atoms in total. The van der Waals surface area contributed by atoms with E-state index in [0.29, 0.717) is 66.8 Å². The molecular formula is C27H30N6O5. The van der Waals surface area contributed by atoms with Crippen LogP contribution < -0.4 is 30.3 Å². The van der Waals surface area contributed by atoms with Crippen LogP contribution in [0.1, 0.15) is 29.5 Å². The standard InChI is InChI=1S/C27H30N6O5/c28-11-21-20-10-16(9-17(20)1-2-22(21)36-14-18-5-8-30-18)12-29-7-6-19-13-33(27(35)38-19)24-4-3-23-26(31-24)32-25(34)15-37-23/h1-4,16,18-19,29-30H,5-10,12-15H2,(H,31,32,34). The molecule has 38 heavy (non-hydrogen) atoms. The number of ether oxygens (including phenoxy) is 3. The summed E-state index contributed by atoms with van der Waals surface area (Å²) in [5.74, 6) is 2.01. The van der Waals surface area contributed by atoms with E-state index in [1.807, 2.05) is 6.07 Å². The molecule has 0 saturated carbocycles. The summed E-state index contributed by atoms with van der Waals surface area (Å²) in [4.78, 5) is 29.9. The smallest absolute Gasteiger partial charge is 0.415 e. The molecular weight excluding hydrogens is 488 g/mol. The second kappa shape index (κ2) is 10.5. The van der Waals surface area contributed by atoms with Gasteiger partial charge in [-0.05, 0) is 80.6 Å². The van der Waals surface area contributed by atoms with Gasteiger partial charge in [0.2, 0.25) is 0 Å². The van der Waals surface area contributed by atoms with Crippen molar-refractivity contribution >= 4 is 23.6 Å². The van der Waals surface area contributed by atoms with Crippen molar-refractivity contribution < 1.29 is 23.8 Å². The molecule has 11 heteroatoms. The van der Waals surface area contributed by atoms with E-state index in [0.717, 1.165) is 37.9 Å². The average Bonchev–Trinajstić information content (AvgIpc) is 3.47. The Morgan fingerprint density at radius 3 is 2.95 bits per heavy atom. The molecule has 3 N–H and O–H groups in total. The molecule has 3 unspecified atom stereocenters. The highest BCUT2D eigenvalue weighted by atomic mass is 16.6. The Labute approximate surface area is 220 Å². The van der Waals surface area contributed by atoms with Crippen molar-refractivity contribution in [1.82, 2.24) is 15.6 Å². The van der Waals surface area contributed by atoms with E-state index >= 15 is 0 Å². The Kier molecular flexibility index (Phi) is 6.74. The van der Waals surface area contributed by atoms with Gasteiger partial charge < -0.3 is 30.2 Å². The fourth-order valence-corrected chi connectivity index (χ4v) is 5.37. The van der Waals surface area contributed by atoms with Gasteiger partial charge in [-0.15, -0.1) is 0 Å². The van der Waals surface area contributed by atoms with E-state index < -0.39 is 6.09 Å². The van der Waals surface area contributed by atoms with Crippen LogP contribution in [0.2, 0.25) is 0 Å². The lowest BCUT2D eigenvalue weighted by Crippen LogP contribution is -2.46. The third-order valence-corrected chi connectivity index (χ3v) is 7.54. The molecule has 4 aliphatic rings. The van der Waals surface area contributed by atoms with Crippen LogP contribution in [0.4, 0.5) is 16.4 Å². The summed E-state index contributed by atoms with van der Waals surface area (Å²) in [7, 11) is 0. The van der Waals surface area contributed by atoms with Gasteiger partial charge in [0.15, 0.2) is 18.2 Å². The monoisotopic (exact) mass is 518 g/mol. The minimum absolute atomic E-state index is 0.0466. The normalized spacial score (nSPS) is 23.4. The number of nitrogens with zero attached hydrogens (tertiary/aromatic N) is 3. The highest BCUT2D eigenvalue weighted by Gasteiger charge is 2.34. The Hall–Kier alpha value is -3.88. The van der Waals surface area contributed by atoms with E-state index in [-0.39, 0.29) is 18.6 Å². The molecule has 3 atom stereocenters. The minimum atomic E-state index is -0.452. The number of anilines is 2. The van der Waals surface area contributed by atoms with Crippen molar-refractivity contribution in [2.75, 3.05) is 49.6 Å². The second-order valence-electron chi connectivity index (χ2n) is 10.2. The molecule has 2 fully saturated rings. The molecule has 198 valence electrons. The van der Waals surface area contributed by atoms with Crippen LogP contribution in [0.3, 0.4) is 0 Å². The summed E-state index contributed by atoms with van der Waals surface area (Å²) in [6.45, 7) is 3.49. The minimum Gasteiger partial charge on any atom is -0.491 e. The van der Waals surface area contributed by atoms with Crippen LogP contribution in [0.15, 0.2) is 24.3 Å². The number of nitrogens with one attached hydrogen (secondary N) is 3. The Morgan fingerprint density at radius 2 is 2.13 bits per heavy atom. The van der Waals surface area contributed by atoms with Crippen molar-refractivity contribution in [3.8, 4) is 17.6 Å². The van der Waals surface area contributed by atoms with Crippen molar-refractivity contribution in [3.63, 3.8) is 0 Å². The lowest BCUT2D eigenvalue weighted by Gasteiger charge is -2.27. The quantitative estimate of drug-likeness (QED) is 0.424. The maximum absolute atomic E-state index is 12.5. The highest BCUT2D eigenvalue weighted by molar-refractivity contribution is 5.95. The summed E-state index contributed by atoms with van der Waals surface area (Å²) < 4.78 is 16.8. The van der Waals surface area contributed by atoms with E-state index in [1.54, 1.807) is 12.1 Å². The van der Waals surface area contributed by atoms with Crippen LogP contribution >= 0.6 is 0 Å². The number of amides is 2. The number of aromatic nitrogens is 1. The van der Waals surface area contributed by atoms with Gasteiger partial charge in [0, 0.05) is 6.04 Å². The summed E-state index contributed by atoms with van der Waals surface area (Å²) in [6.07, 6.45) is 2.85. The fourth-order valence-electron chi connectivity index (χ4n) is 5.37. The van der Waals surface area contributed by atoms with Gasteiger partial charge in [0.25, 0.3) is 5.91 Å². The SMILES string of the molecule is N#Cc1c(OCC2CCN2)ccc2c1CC(CNCCC1CN(c3ccc4c(n3)NC(=O)CO4)C(=O)O1)C2. The number of hydrogen-bond donors (Lipinski definition) is 3. The van der Waals surface area contributed by atoms with Crippen molar-refractivity contribution in [1.29, 1.82) is 5.26 Å². The van der Waals surface area contributed by atoms with Crippen molar-refractivity contribution in [2.24, 2.45) is 5.92 Å². The first-order valence-corrected chi connectivity index (χ1v) is 13.1. The van der Waals surface area contributed by atoms with Crippen LogP contribution in [0.5, 0.6) is 11.5 Å².